The maximum absolute atomic E-state index is 11.5. The largest absolute Gasteiger partial charge is 0.444 e. The number of rotatable bonds is 4. The third kappa shape index (κ3) is 6.06. The summed E-state index contributed by atoms with van der Waals surface area (Å²) in [4.78, 5) is 23.2. The van der Waals surface area contributed by atoms with Crippen LogP contribution in [-0.4, -0.2) is 49.7 Å². The predicted octanol–water partition coefficient (Wildman–Crippen LogP) is 1.07. The fourth-order valence-electron chi connectivity index (χ4n) is 0.857. The van der Waals surface area contributed by atoms with Gasteiger partial charge in [-0.25, -0.2) is 4.79 Å². The van der Waals surface area contributed by atoms with Gasteiger partial charge in [0.15, 0.2) is 6.29 Å². The number of likely N-dealkylation sites (N-methyl/N-ethyl adjacent to an activating group) is 1. The normalized spacial score (nSPS) is 13.1. The minimum absolute atomic E-state index is 0.189. The topological polar surface area (TPSA) is 55.8 Å². The fraction of sp³-hybridized carbons (Fsp3) is 0.800. The Hall–Kier alpha value is -1.10. The molecule has 0 aliphatic rings. The van der Waals surface area contributed by atoms with Crippen molar-refractivity contribution in [3.63, 3.8) is 0 Å². The van der Waals surface area contributed by atoms with Crippen molar-refractivity contribution in [3.05, 3.63) is 0 Å². The minimum atomic E-state index is -0.609. The van der Waals surface area contributed by atoms with E-state index in [0.29, 0.717) is 6.29 Å². The highest BCUT2D eigenvalue weighted by Crippen LogP contribution is 2.09. The van der Waals surface area contributed by atoms with Crippen LogP contribution in [0.5, 0.6) is 0 Å². The summed E-state index contributed by atoms with van der Waals surface area (Å²) in [6.07, 6.45) is -0.421. The van der Waals surface area contributed by atoms with Gasteiger partial charge in [0, 0.05) is 14.2 Å². The molecule has 0 aliphatic heterocycles. The lowest BCUT2D eigenvalue weighted by Crippen LogP contribution is -2.39. The van der Waals surface area contributed by atoms with Crippen LogP contribution in [0.4, 0.5) is 4.79 Å². The Balaban J connectivity index is 4.15. The van der Waals surface area contributed by atoms with Crippen molar-refractivity contribution in [1.29, 1.82) is 0 Å². The zero-order chi connectivity index (χ0) is 12.1. The first-order valence-corrected chi connectivity index (χ1v) is 4.72. The summed E-state index contributed by atoms with van der Waals surface area (Å²) in [5, 5.41) is 0. The van der Waals surface area contributed by atoms with Gasteiger partial charge in [-0.15, -0.1) is 0 Å². The van der Waals surface area contributed by atoms with Gasteiger partial charge in [-0.2, -0.15) is 0 Å². The van der Waals surface area contributed by atoms with E-state index in [1.165, 1.54) is 12.0 Å². The van der Waals surface area contributed by atoms with Gasteiger partial charge >= 0.3 is 6.09 Å². The fourth-order valence-corrected chi connectivity index (χ4v) is 0.857. The van der Waals surface area contributed by atoms with Crippen LogP contribution in [0.15, 0.2) is 0 Å². The van der Waals surface area contributed by atoms with Crippen LogP contribution in [-0.2, 0) is 14.3 Å². The van der Waals surface area contributed by atoms with Crippen LogP contribution in [0.1, 0.15) is 20.8 Å². The van der Waals surface area contributed by atoms with E-state index in [1.54, 1.807) is 27.8 Å². The van der Waals surface area contributed by atoms with Crippen molar-refractivity contribution in [1.82, 2.24) is 4.90 Å². The summed E-state index contributed by atoms with van der Waals surface area (Å²) < 4.78 is 9.94. The Morgan fingerprint density at radius 1 is 1.47 bits per heavy atom. The molecule has 5 heteroatoms. The lowest BCUT2D eigenvalue weighted by Gasteiger charge is -2.25. The number of methoxy groups -OCH3 is 1. The Morgan fingerprint density at radius 3 is 2.33 bits per heavy atom. The van der Waals surface area contributed by atoms with Crippen LogP contribution in [0, 0.1) is 0 Å². The van der Waals surface area contributed by atoms with Crippen molar-refractivity contribution >= 4 is 12.4 Å². The average Bonchev–Trinajstić information content (AvgIpc) is 2.10. The first-order valence-electron chi connectivity index (χ1n) is 4.72. The zero-order valence-electron chi connectivity index (χ0n) is 9.94. The monoisotopic (exact) mass is 217 g/mol. The molecule has 0 radical (unpaired) electrons. The zero-order valence-corrected chi connectivity index (χ0v) is 9.94. The molecule has 0 aromatic rings. The highest BCUT2D eigenvalue weighted by atomic mass is 16.6. The number of nitrogens with zero attached hydrogens (tertiary/aromatic N) is 1. The van der Waals surface area contributed by atoms with E-state index in [2.05, 4.69) is 0 Å². The van der Waals surface area contributed by atoms with E-state index in [9.17, 15) is 9.59 Å². The number of amides is 1. The molecule has 0 rings (SSSR count). The van der Waals surface area contributed by atoms with E-state index in [0.717, 1.165) is 0 Å². The molecule has 1 unspecified atom stereocenters. The van der Waals surface area contributed by atoms with Gasteiger partial charge in [0.25, 0.3) is 0 Å². The van der Waals surface area contributed by atoms with Gasteiger partial charge in [-0.05, 0) is 20.8 Å². The first kappa shape index (κ1) is 13.9. The van der Waals surface area contributed by atoms with Gasteiger partial charge in [0.05, 0.1) is 6.54 Å². The van der Waals surface area contributed by atoms with E-state index in [-0.39, 0.29) is 6.54 Å². The lowest BCUT2D eigenvalue weighted by atomic mass is 10.2. The second-order valence-corrected chi connectivity index (χ2v) is 4.27. The summed E-state index contributed by atoms with van der Waals surface area (Å²) >= 11 is 0. The molecule has 0 fully saturated rings. The van der Waals surface area contributed by atoms with E-state index < -0.39 is 17.8 Å². The molecule has 0 aromatic heterocycles. The Kier molecular flexibility index (Phi) is 5.28. The minimum Gasteiger partial charge on any atom is -0.444 e. The molecule has 88 valence electrons. The van der Waals surface area contributed by atoms with Crippen molar-refractivity contribution in [2.45, 2.75) is 32.5 Å². The Morgan fingerprint density at radius 2 is 2.00 bits per heavy atom. The maximum Gasteiger partial charge on any atom is 0.410 e. The van der Waals surface area contributed by atoms with Crippen LogP contribution in [0.3, 0.4) is 0 Å². The molecule has 1 atom stereocenters. The molecular weight excluding hydrogens is 198 g/mol. The molecule has 0 heterocycles. The van der Waals surface area contributed by atoms with Crippen molar-refractivity contribution in [2.24, 2.45) is 0 Å². The molecule has 0 N–H and O–H groups in total. The van der Waals surface area contributed by atoms with Crippen molar-refractivity contribution in [2.75, 3.05) is 20.7 Å². The van der Waals surface area contributed by atoms with Crippen LogP contribution < -0.4 is 0 Å². The summed E-state index contributed by atoms with van der Waals surface area (Å²) in [6.45, 7) is 5.54. The smallest absolute Gasteiger partial charge is 0.410 e. The number of carbonyl (C=O) groups is 2. The van der Waals surface area contributed by atoms with Crippen LogP contribution >= 0.6 is 0 Å². The van der Waals surface area contributed by atoms with Gasteiger partial charge in [0.1, 0.15) is 11.7 Å². The summed E-state index contributed by atoms with van der Waals surface area (Å²) in [5.41, 5.74) is -0.533. The standard InChI is InChI=1S/C10H19NO4/c1-10(2,3)15-9(13)11(4)6-8(7-12)14-5/h7-8H,6H2,1-5H3. The predicted molar refractivity (Wildman–Crippen MR) is 55.7 cm³/mol. The Labute approximate surface area is 90.3 Å². The third-order valence-electron chi connectivity index (χ3n) is 1.61. The van der Waals surface area contributed by atoms with Gasteiger partial charge in [0.2, 0.25) is 0 Å². The van der Waals surface area contributed by atoms with Crippen molar-refractivity contribution < 1.29 is 19.1 Å². The number of hydrogen-bond acceptors (Lipinski definition) is 4. The van der Waals surface area contributed by atoms with Crippen molar-refractivity contribution in [3.8, 4) is 0 Å². The molecule has 0 aliphatic carbocycles. The van der Waals surface area contributed by atoms with E-state index >= 15 is 0 Å². The van der Waals surface area contributed by atoms with Crippen LogP contribution in [0.25, 0.3) is 0 Å². The molecule has 1 amide bonds. The second-order valence-electron chi connectivity index (χ2n) is 4.27. The molecule has 0 saturated carbocycles. The third-order valence-corrected chi connectivity index (χ3v) is 1.61. The number of hydrogen-bond donors (Lipinski definition) is 0. The van der Waals surface area contributed by atoms with Gasteiger partial charge < -0.3 is 19.2 Å². The number of carbonyl (C=O) groups excluding carboxylic acids is 2. The molecular formula is C10H19NO4. The molecule has 15 heavy (non-hydrogen) atoms. The quantitative estimate of drug-likeness (QED) is 0.661. The molecule has 0 bridgehead atoms. The highest BCUT2D eigenvalue weighted by Gasteiger charge is 2.21. The molecule has 0 saturated heterocycles. The Bertz CT molecular complexity index is 222. The average molecular weight is 217 g/mol. The lowest BCUT2D eigenvalue weighted by molar-refractivity contribution is -0.117. The summed E-state index contributed by atoms with van der Waals surface area (Å²) in [5.74, 6) is 0. The maximum atomic E-state index is 11.5. The molecule has 0 aromatic carbocycles. The van der Waals surface area contributed by atoms with Gasteiger partial charge in [-0.3, -0.25) is 0 Å². The second kappa shape index (κ2) is 5.70. The highest BCUT2D eigenvalue weighted by molar-refractivity contribution is 5.68. The van der Waals surface area contributed by atoms with E-state index in [1.807, 2.05) is 0 Å². The number of ether oxygens (including phenoxy) is 2. The van der Waals surface area contributed by atoms with Gasteiger partial charge in [-0.1, -0.05) is 0 Å². The summed E-state index contributed by atoms with van der Waals surface area (Å²) in [6, 6.07) is 0. The van der Waals surface area contributed by atoms with Crippen LogP contribution in [0.2, 0.25) is 0 Å². The summed E-state index contributed by atoms with van der Waals surface area (Å²) in [7, 11) is 2.98. The first-order chi connectivity index (χ1) is 6.80. The molecule has 0 spiro atoms. The van der Waals surface area contributed by atoms with E-state index in [4.69, 9.17) is 9.47 Å². The SMILES string of the molecule is COC(C=O)CN(C)C(=O)OC(C)(C)C. The number of aldehydes is 1. The molecule has 5 nitrogen and oxygen atoms in total.